The number of rotatable bonds is 4. The number of hydrogen-bond acceptors (Lipinski definition) is 2. The summed E-state index contributed by atoms with van der Waals surface area (Å²) in [5.41, 5.74) is 6.45. The Hall–Kier alpha value is -1.42. The molecule has 1 aliphatic heterocycles. The minimum atomic E-state index is -0.193. The summed E-state index contributed by atoms with van der Waals surface area (Å²) in [6, 6.07) is 6.64. The summed E-state index contributed by atoms with van der Waals surface area (Å²) >= 11 is 0. The third-order valence-electron chi connectivity index (χ3n) is 3.62. The number of halogens is 1. The van der Waals surface area contributed by atoms with Crippen LogP contribution in [-0.4, -0.2) is 30.4 Å². The first-order valence-electron chi connectivity index (χ1n) is 6.41. The van der Waals surface area contributed by atoms with Crippen molar-refractivity contribution in [3.8, 4) is 0 Å². The van der Waals surface area contributed by atoms with Gasteiger partial charge >= 0.3 is 0 Å². The van der Waals surface area contributed by atoms with Gasteiger partial charge in [-0.15, -0.1) is 0 Å². The van der Waals surface area contributed by atoms with E-state index in [1.165, 1.54) is 12.1 Å². The molecule has 0 bridgehead atoms. The first-order chi connectivity index (χ1) is 8.65. The number of likely N-dealkylation sites (tertiary alicyclic amines) is 1. The Morgan fingerprint density at radius 1 is 1.28 bits per heavy atom. The van der Waals surface area contributed by atoms with Crippen LogP contribution in [0.4, 0.5) is 4.39 Å². The Bertz CT molecular complexity index is 397. The topological polar surface area (TPSA) is 46.3 Å². The van der Waals surface area contributed by atoms with E-state index in [1.807, 2.05) is 12.1 Å². The monoisotopic (exact) mass is 250 g/mol. The number of hydrogen-bond donors (Lipinski definition) is 1. The number of carbonyl (C=O) groups excluding carboxylic acids is 1. The molecule has 1 saturated heterocycles. The van der Waals surface area contributed by atoms with Crippen molar-refractivity contribution in [3.63, 3.8) is 0 Å². The molecule has 3 nitrogen and oxygen atoms in total. The lowest BCUT2D eigenvalue weighted by molar-refractivity contribution is -0.123. The van der Waals surface area contributed by atoms with E-state index in [9.17, 15) is 9.18 Å². The van der Waals surface area contributed by atoms with Gasteiger partial charge in [0.15, 0.2) is 0 Å². The number of benzene rings is 1. The van der Waals surface area contributed by atoms with Crippen molar-refractivity contribution in [2.45, 2.75) is 19.3 Å². The Morgan fingerprint density at radius 3 is 2.44 bits per heavy atom. The minimum Gasteiger partial charge on any atom is -0.369 e. The van der Waals surface area contributed by atoms with E-state index in [0.29, 0.717) is 0 Å². The van der Waals surface area contributed by atoms with Crippen molar-refractivity contribution in [1.82, 2.24) is 4.90 Å². The zero-order valence-corrected chi connectivity index (χ0v) is 10.4. The molecule has 0 saturated carbocycles. The van der Waals surface area contributed by atoms with Crippen molar-refractivity contribution in [2.24, 2.45) is 11.7 Å². The number of amides is 1. The second-order valence-electron chi connectivity index (χ2n) is 4.89. The van der Waals surface area contributed by atoms with E-state index in [4.69, 9.17) is 5.73 Å². The molecule has 18 heavy (non-hydrogen) atoms. The maximum Gasteiger partial charge on any atom is 0.220 e. The molecule has 0 unspecified atom stereocenters. The number of nitrogens with zero attached hydrogens (tertiary/aromatic N) is 1. The van der Waals surface area contributed by atoms with Crippen molar-refractivity contribution in [3.05, 3.63) is 35.6 Å². The van der Waals surface area contributed by atoms with Crippen LogP contribution in [0.3, 0.4) is 0 Å². The Balaban J connectivity index is 1.75. The van der Waals surface area contributed by atoms with Crippen LogP contribution in [0, 0.1) is 11.7 Å². The number of nitrogens with two attached hydrogens (primary N) is 1. The molecule has 0 atom stereocenters. The second-order valence-corrected chi connectivity index (χ2v) is 4.89. The number of piperidine rings is 1. The van der Waals surface area contributed by atoms with Crippen molar-refractivity contribution >= 4 is 5.91 Å². The first kappa shape index (κ1) is 13.0. The predicted octanol–water partition coefficient (Wildman–Crippen LogP) is 1.57. The molecule has 0 aliphatic carbocycles. The molecular weight excluding hydrogens is 231 g/mol. The van der Waals surface area contributed by atoms with Gasteiger partial charge in [-0.2, -0.15) is 0 Å². The SMILES string of the molecule is NC(=O)C1CCN(CCc2ccc(F)cc2)CC1. The summed E-state index contributed by atoms with van der Waals surface area (Å²) in [5.74, 6) is -0.318. The average Bonchev–Trinajstić information content (AvgIpc) is 2.38. The maximum atomic E-state index is 12.7. The molecule has 1 amide bonds. The molecule has 1 heterocycles. The highest BCUT2D eigenvalue weighted by Crippen LogP contribution is 2.17. The van der Waals surface area contributed by atoms with E-state index >= 15 is 0 Å². The molecule has 1 aromatic carbocycles. The van der Waals surface area contributed by atoms with Crippen LogP contribution < -0.4 is 5.73 Å². The Labute approximate surface area is 107 Å². The van der Waals surface area contributed by atoms with Gasteiger partial charge in [0, 0.05) is 12.5 Å². The van der Waals surface area contributed by atoms with Crippen molar-refractivity contribution in [1.29, 1.82) is 0 Å². The lowest BCUT2D eigenvalue weighted by atomic mass is 9.96. The van der Waals surface area contributed by atoms with Gasteiger partial charge in [0.05, 0.1) is 0 Å². The molecule has 1 aromatic rings. The van der Waals surface area contributed by atoms with Gasteiger partial charge in [0.25, 0.3) is 0 Å². The van der Waals surface area contributed by atoms with E-state index in [2.05, 4.69) is 4.90 Å². The van der Waals surface area contributed by atoms with Crippen molar-refractivity contribution < 1.29 is 9.18 Å². The van der Waals surface area contributed by atoms with Gasteiger partial charge in [-0.1, -0.05) is 12.1 Å². The highest BCUT2D eigenvalue weighted by molar-refractivity contribution is 5.76. The number of carbonyl (C=O) groups is 1. The van der Waals surface area contributed by atoms with Crippen LogP contribution in [-0.2, 0) is 11.2 Å². The smallest absolute Gasteiger partial charge is 0.220 e. The quantitative estimate of drug-likeness (QED) is 0.881. The predicted molar refractivity (Wildman–Crippen MR) is 68.5 cm³/mol. The Kier molecular flexibility index (Phi) is 4.31. The van der Waals surface area contributed by atoms with Gasteiger partial charge in [-0.25, -0.2) is 4.39 Å². The van der Waals surface area contributed by atoms with Gasteiger partial charge in [-0.05, 0) is 50.0 Å². The standard InChI is InChI=1S/C14H19FN2O/c15-13-3-1-11(2-4-13)5-8-17-9-6-12(7-10-17)14(16)18/h1-4,12H,5-10H2,(H2,16,18). The van der Waals surface area contributed by atoms with Gasteiger partial charge in [0.2, 0.25) is 5.91 Å². The normalized spacial score (nSPS) is 17.8. The summed E-state index contributed by atoms with van der Waals surface area (Å²) in [7, 11) is 0. The van der Waals surface area contributed by atoms with Crippen LogP contribution in [0.2, 0.25) is 0 Å². The molecule has 0 radical (unpaired) electrons. The van der Waals surface area contributed by atoms with Crippen LogP contribution in [0.15, 0.2) is 24.3 Å². The molecule has 1 fully saturated rings. The van der Waals surface area contributed by atoms with Crippen molar-refractivity contribution in [2.75, 3.05) is 19.6 Å². The van der Waals surface area contributed by atoms with Gasteiger partial charge in [0.1, 0.15) is 5.82 Å². The molecule has 4 heteroatoms. The zero-order valence-electron chi connectivity index (χ0n) is 10.4. The van der Waals surface area contributed by atoms with Crippen LogP contribution in [0.1, 0.15) is 18.4 Å². The summed E-state index contributed by atoms with van der Waals surface area (Å²) in [5, 5.41) is 0. The molecule has 0 spiro atoms. The molecule has 1 aliphatic rings. The first-order valence-corrected chi connectivity index (χ1v) is 6.41. The largest absolute Gasteiger partial charge is 0.369 e. The zero-order chi connectivity index (χ0) is 13.0. The van der Waals surface area contributed by atoms with E-state index in [1.54, 1.807) is 0 Å². The summed E-state index contributed by atoms with van der Waals surface area (Å²) < 4.78 is 12.7. The fourth-order valence-corrected chi connectivity index (χ4v) is 2.38. The van der Waals surface area contributed by atoms with E-state index < -0.39 is 0 Å². The van der Waals surface area contributed by atoms with E-state index in [0.717, 1.165) is 44.5 Å². The maximum absolute atomic E-state index is 12.7. The molecule has 2 N–H and O–H groups in total. The lowest BCUT2D eigenvalue weighted by Gasteiger charge is -2.30. The molecule has 98 valence electrons. The van der Waals surface area contributed by atoms with Crippen LogP contribution in [0.25, 0.3) is 0 Å². The third-order valence-corrected chi connectivity index (χ3v) is 3.62. The average molecular weight is 250 g/mol. The summed E-state index contributed by atoms with van der Waals surface area (Å²) in [4.78, 5) is 13.4. The molecule has 0 aromatic heterocycles. The highest BCUT2D eigenvalue weighted by Gasteiger charge is 2.22. The minimum absolute atomic E-state index is 0.0482. The highest BCUT2D eigenvalue weighted by atomic mass is 19.1. The summed E-state index contributed by atoms with van der Waals surface area (Å²) in [6.07, 6.45) is 2.64. The molecule has 2 rings (SSSR count). The summed E-state index contributed by atoms with van der Waals surface area (Å²) in [6.45, 7) is 2.81. The lowest BCUT2D eigenvalue weighted by Crippen LogP contribution is -2.39. The van der Waals surface area contributed by atoms with Crippen LogP contribution in [0.5, 0.6) is 0 Å². The van der Waals surface area contributed by atoms with Gasteiger partial charge < -0.3 is 10.6 Å². The Morgan fingerprint density at radius 2 is 1.89 bits per heavy atom. The third kappa shape index (κ3) is 3.53. The van der Waals surface area contributed by atoms with Crippen LogP contribution >= 0.6 is 0 Å². The fraction of sp³-hybridized carbons (Fsp3) is 0.500. The van der Waals surface area contributed by atoms with E-state index in [-0.39, 0.29) is 17.6 Å². The van der Waals surface area contributed by atoms with Gasteiger partial charge in [-0.3, -0.25) is 4.79 Å². The second kappa shape index (κ2) is 5.96. The number of primary amides is 1. The fourth-order valence-electron chi connectivity index (χ4n) is 2.38. The molecular formula is C14H19FN2O.